The van der Waals surface area contributed by atoms with E-state index < -0.39 is 5.60 Å². The number of β-amino-alcohol motifs (C(OH)–C–C–N with tert-alkyl or cyclic N) is 2. The maximum Gasteiger partial charge on any atom is 0.100 e. The van der Waals surface area contributed by atoms with Crippen molar-refractivity contribution >= 4 is 0 Å². The normalized spacial score (nSPS) is 32.2. The Kier molecular flexibility index (Phi) is 3.46. The van der Waals surface area contributed by atoms with Gasteiger partial charge in [0.2, 0.25) is 0 Å². The molecular formula is C8H17NO3. The molecule has 0 aromatic rings. The van der Waals surface area contributed by atoms with Gasteiger partial charge in [-0.05, 0) is 19.4 Å². The summed E-state index contributed by atoms with van der Waals surface area (Å²) in [6, 6.07) is 0. The summed E-state index contributed by atoms with van der Waals surface area (Å²) >= 11 is 0. The number of nitrogens with zero attached hydrogens (tertiary/aromatic N) is 1. The van der Waals surface area contributed by atoms with E-state index in [1.165, 1.54) is 0 Å². The van der Waals surface area contributed by atoms with Crippen LogP contribution in [0.5, 0.6) is 0 Å². The lowest BCUT2D eigenvalue weighted by Gasteiger charge is -2.37. The lowest BCUT2D eigenvalue weighted by molar-refractivity contribution is -0.0687. The highest BCUT2D eigenvalue weighted by Gasteiger charge is 2.31. The van der Waals surface area contributed by atoms with Gasteiger partial charge >= 0.3 is 0 Å². The van der Waals surface area contributed by atoms with Gasteiger partial charge in [0.05, 0.1) is 13.2 Å². The molecule has 0 spiro atoms. The van der Waals surface area contributed by atoms with Crippen molar-refractivity contribution < 1.29 is 15.3 Å². The predicted molar refractivity (Wildman–Crippen MR) is 44.8 cm³/mol. The van der Waals surface area contributed by atoms with Gasteiger partial charge in [0.1, 0.15) is 5.60 Å². The molecule has 1 unspecified atom stereocenters. The van der Waals surface area contributed by atoms with Gasteiger partial charge in [-0.25, -0.2) is 0 Å². The SMILES string of the molecule is OCCN1CCCC(O)(CO)C1. The smallest absolute Gasteiger partial charge is 0.100 e. The number of rotatable bonds is 3. The second-order valence-corrected chi connectivity index (χ2v) is 3.49. The molecule has 0 aromatic heterocycles. The van der Waals surface area contributed by atoms with Crippen LogP contribution in [-0.2, 0) is 0 Å². The van der Waals surface area contributed by atoms with Gasteiger partial charge in [-0.15, -0.1) is 0 Å². The molecule has 0 aromatic carbocycles. The van der Waals surface area contributed by atoms with Crippen molar-refractivity contribution in [2.75, 3.05) is 32.8 Å². The minimum Gasteiger partial charge on any atom is -0.395 e. The first-order valence-corrected chi connectivity index (χ1v) is 4.37. The molecule has 0 aliphatic carbocycles. The van der Waals surface area contributed by atoms with E-state index in [2.05, 4.69) is 0 Å². The van der Waals surface area contributed by atoms with Crippen molar-refractivity contribution in [1.82, 2.24) is 4.90 Å². The topological polar surface area (TPSA) is 63.9 Å². The number of aliphatic hydroxyl groups is 3. The summed E-state index contributed by atoms with van der Waals surface area (Å²) < 4.78 is 0. The van der Waals surface area contributed by atoms with E-state index in [9.17, 15) is 5.11 Å². The molecule has 0 radical (unpaired) electrons. The van der Waals surface area contributed by atoms with E-state index >= 15 is 0 Å². The van der Waals surface area contributed by atoms with Crippen LogP contribution in [0.15, 0.2) is 0 Å². The van der Waals surface area contributed by atoms with Crippen molar-refractivity contribution in [1.29, 1.82) is 0 Å². The summed E-state index contributed by atoms with van der Waals surface area (Å²) in [5, 5.41) is 27.3. The Hall–Kier alpha value is -0.160. The summed E-state index contributed by atoms with van der Waals surface area (Å²) in [6.07, 6.45) is 1.54. The van der Waals surface area contributed by atoms with E-state index in [0.717, 1.165) is 13.0 Å². The molecule has 1 rings (SSSR count). The van der Waals surface area contributed by atoms with Crippen molar-refractivity contribution in [2.45, 2.75) is 18.4 Å². The molecular weight excluding hydrogens is 158 g/mol. The molecule has 1 aliphatic rings. The molecule has 4 nitrogen and oxygen atoms in total. The fourth-order valence-corrected chi connectivity index (χ4v) is 1.67. The first-order valence-electron chi connectivity index (χ1n) is 4.37. The third kappa shape index (κ3) is 2.42. The van der Waals surface area contributed by atoms with Gasteiger partial charge in [-0.2, -0.15) is 0 Å². The predicted octanol–water partition coefficient (Wildman–Crippen LogP) is -1.20. The van der Waals surface area contributed by atoms with Crippen LogP contribution in [0.3, 0.4) is 0 Å². The van der Waals surface area contributed by atoms with E-state index in [0.29, 0.717) is 19.5 Å². The zero-order chi connectivity index (χ0) is 9.03. The van der Waals surface area contributed by atoms with Crippen LogP contribution in [0.2, 0.25) is 0 Å². The Morgan fingerprint density at radius 2 is 2.08 bits per heavy atom. The summed E-state index contributed by atoms with van der Waals surface area (Å²) in [5.41, 5.74) is -0.937. The van der Waals surface area contributed by atoms with Gasteiger partial charge in [0.15, 0.2) is 0 Å². The van der Waals surface area contributed by atoms with Crippen LogP contribution < -0.4 is 0 Å². The molecule has 0 bridgehead atoms. The van der Waals surface area contributed by atoms with Crippen molar-refractivity contribution in [2.24, 2.45) is 0 Å². The average molecular weight is 175 g/mol. The zero-order valence-corrected chi connectivity index (χ0v) is 7.24. The fourth-order valence-electron chi connectivity index (χ4n) is 1.67. The third-order valence-corrected chi connectivity index (χ3v) is 2.34. The lowest BCUT2D eigenvalue weighted by Crippen LogP contribution is -2.51. The second-order valence-electron chi connectivity index (χ2n) is 3.49. The van der Waals surface area contributed by atoms with Crippen LogP contribution in [0.25, 0.3) is 0 Å². The highest BCUT2D eigenvalue weighted by molar-refractivity contribution is 4.86. The van der Waals surface area contributed by atoms with Crippen LogP contribution in [-0.4, -0.2) is 58.7 Å². The van der Waals surface area contributed by atoms with E-state index in [4.69, 9.17) is 10.2 Å². The summed E-state index contributed by atoms with van der Waals surface area (Å²) in [6.45, 7) is 1.89. The largest absolute Gasteiger partial charge is 0.395 e. The molecule has 3 N–H and O–H groups in total. The average Bonchev–Trinajstić information content (AvgIpc) is 2.05. The van der Waals surface area contributed by atoms with Gasteiger partial charge in [-0.1, -0.05) is 0 Å². The molecule has 1 heterocycles. The quantitative estimate of drug-likeness (QED) is 0.504. The number of hydrogen-bond donors (Lipinski definition) is 3. The van der Waals surface area contributed by atoms with E-state index in [-0.39, 0.29) is 13.2 Å². The Morgan fingerprint density at radius 3 is 2.67 bits per heavy atom. The van der Waals surface area contributed by atoms with E-state index in [1.807, 2.05) is 4.90 Å². The molecule has 1 saturated heterocycles. The number of likely N-dealkylation sites (tertiary alicyclic amines) is 1. The van der Waals surface area contributed by atoms with Gasteiger partial charge in [-0.3, -0.25) is 4.90 Å². The minimum absolute atomic E-state index is 0.113. The Labute approximate surface area is 72.4 Å². The highest BCUT2D eigenvalue weighted by Crippen LogP contribution is 2.19. The van der Waals surface area contributed by atoms with Crippen LogP contribution in [0, 0.1) is 0 Å². The minimum atomic E-state index is -0.937. The summed E-state index contributed by atoms with van der Waals surface area (Å²) in [5.74, 6) is 0. The first-order chi connectivity index (χ1) is 5.70. The van der Waals surface area contributed by atoms with E-state index in [1.54, 1.807) is 0 Å². The number of piperidine rings is 1. The molecule has 1 fully saturated rings. The lowest BCUT2D eigenvalue weighted by atomic mass is 9.94. The van der Waals surface area contributed by atoms with Crippen LogP contribution in [0.1, 0.15) is 12.8 Å². The monoisotopic (exact) mass is 175 g/mol. The van der Waals surface area contributed by atoms with Gasteiger partial charge < -0.3 is 15.3 Å². The zero-order valence-electron chi connectivity index (χ0n) is 7.24. The van der Waals surface area contributed by atoms with Crippen LogP contribution in [0.4, 0.5) is 0 Å². The fraction of sp³-hybridized carbons (Fsp3) is 1.00. The summed E-state index contributed by atoms with van der Waals surface area (Å²) in [7, 11) is 0. The number of aliphatic hydroxyl groups excluding tert-OH is 2. The Morgan fingerprint density at radius 1 is 1.33 bits per heavy atom. The summed E-state index contributed by atoms with van der Waals surface area (Å²) in [4.78, 5) is 1.97. The first kappa shape index (κ1) is 9.92. The van der Waals surface area contributed by atoms with Crippen molar-refractivity contribution in [3.05, 3.63) is 0 Å². The molecule has 4 heteroatoms. The van der Waals surface area contributed by atoms with Crippen molar-refractivity contribution in [3.8, 4) is 0 Å². The Bertz CT molecular complexity index is 140. The van der Waals surface area contributed by atoms with Gasteiger partial charge in [0.25, 0.3) is 0 Å². The molecule has 1 atom stereocenters. The third-order valence-electron chi connectivity index (χ3n) is 2.34. The van der Waals surface area contributed by atoms with Crippen molar-refractivity contribution in [3.63, 3.8) is 0 Å². The highest BCUT2D eigenvalue weighted by atomic mass is 16.3. The number of hydrogen-bond acceptors (Lipinski definition) is 4. The van der Waals surface area contributed by atoms with Gasteiger partial charge in [0, 0.05) is 13.1 Å². The molecule has 0 saturated carbocycles. The maximum absolute atomic E-state index is 9.70. The maximum atomic E-state index is 9.70. The Balaban J connectivity index is 2.39. The standard InChI is InChI=1S/C8H17NO3/c10-5-4-9-3-1-2-8(12,6-9)7-11/h10-12H,1-7H2. The molecule has 0 amide bonds. The molecule has 12 heavy (non-hydrogen) atoms. The molecule has 1 aliphatic heterocycles. The van der Waals surface area contributed by atoms with Crippen LogP contribution >= 0.6 is 0 Å². The molecule has 72 valence electrons. The second kappa shape index (κ2) is 4.18.